The first-order valence-electron chi connectivity index (χ1n) is 7.56. The second kappa shape index (κ2) is 8.48. The number of hydrazine groups is 1. The van der Waals surface area contributed by atoms with Gasteiger partial charge in [0.15, 0.2) is 5.75 Å². The minimum atomic E-state index is -0.346. The number of rotatable bonds is 6. The van der Waals surface area contributed by atoms with Crippen molar-refractivity contribution in [1.29, 1.82) is 0 Å². The summed E-state index contributed by atoms with van der Waals surface area (Å²) in [5.41, 5.74) is 0.233. The van der Waals surface area contributed by atoms with Gasteiger partial charge in [-0.05, 0) is 24.8 Å². The van der Waals surface area contributed by atoms with E-state index in [9.17, 15) is 9.59 Å². The smallest absolute Gasteiger partial charge is 0.280 e. The molecular weight excluding hydrogens is 352 g/mol. The standard InChI is InChI=1S/C16H21ClN2O4S/c1-22-12-6-5-11(17)15(23-2)14(12)16(21)19-9-4-8-18(19)13(20)7-10-24-3/h5-6H,4,7-10H2,1-3H3. The van der Waals surface area contributed by atoms with E-state index in [4.69, 9.17) is 21.1 Å². The van der Waals surface area contributed by atoms with Crippen molar-refractivity contribution in [3.8, 4) is 11.5 Å². The summed E-state index contributed by atoms with van der Waals surface area (Å²) in [5.74, 6) is 0.937. The van der Waals surface area contributed by atoms with E-state index in [2.05, 4.69) is 0 Å². The van der Waals surface area contributed by atoms with Crippen LogP contribution in [-0.4, -0.2) is 61.1 Å². The Balaban J connectivity index is 2.34. The number of hydrogen-bond donors (Lipinski definition) is 0. The van der Waals surface area contributed by atoms with Gasteiger partial charge in [0, 0.05) is 25.3 Å². The van der Waals surface area contributed by atoms with Crippen LogP contribution in [0.3, 0.4) is 0 Å². The van der Waals surface area contributed by atoms with Gasteiger partial charge >= 0.3 is 0 Å². The SMILES string of the molecule is COc1ccc(Cl)c(OC)c1C(=O)N1CCCN1C(=O)CCSC. The molecule has 0 atom stereocenters. The van der Waals surface area contributed by atoms with Crippen molar-refractivity contribution < 1.29 is 19.1 Å². The maximum Gasteiger partial charge on any atom is 0.280 e. The largest absolute Gasteiger partial charge is 0.496 e. The molecule has 24 heavy (non-hydrogen) atoms. The molecule has 1 aromatic carbocycles. The van der Waals surface area contributed by atoms with Crippen molar-refractivity contribution in [1.82, 2.24) is 10.0 Å². The predicted octanol–water partition coefficient (Wildman–Crippen LogP) is 2.70. The summed E-state index contributed by atoms with van der Waals surface area (Å²) in [7, 11) is 2.92. The molecule has 8 heteroatoms. The Morgan fingerprint density at radius 1 is 1.21 bits per heavy atom. The third-order valence-corrected chi connectivity index (χ3v) is 4.69. The van der Waals surface area contributed by atoms with E-state index in [0.29, 0.717) is 30.3 Å². The van der Waals surface area contributed by atoms with Crippen LogP contribution in [0.4, 0.5) is 0 Å². The lowest BCUT2D eigenvalue weighted by Gasteiger charge is -2.29. The first-order chi connectivity index (χ1) is 11.5. The highest BCUT2D eigenvalue weighted by atomic mass is 35.5. The Bertz CT molecular complexity index is 626. The fourth-order valence-corrected chi connectivity index (χ4v) is 3.25. The molecular formula is C16H21ClN2O4S. The minimum Gasteiger partial charge on any atom is -0.496 e. The molecule has 0 radical (unpaired) electrons. The molecule has 1 heterocycles. The Kier molecular flexibility index (Phi) is 6.62. The molecule has 1 aliphatic rings. The first kappa shape index (κ1) is 18.7. The molecule has 2 amide bonds. The Morgan fingerprint density at radius 2 is 1.92 bits per heavy atom. The molecule has 1 fully saturated rings. The molecule has 2 rings (SSSR count). The lowest BCUT2D eigenvalue weighted by atomic mass is 10.1. The number of thioether (sulfide) groups is 1. The van der Waals surface area contributed by atoms with Gasteiger partial charge in [0.1, 0.15) is 11.3 Å². The lowest BCUT2D eigenvalue weighted by Crippen LogP contribution is -2.45. The molecule has 1 aliphatic heterocycles. The lowest BCUT2D eigenvalue weighted by molar-refractivity contribution is -0.140. The number of methoxy groups -OCH3 is 2. The molecule has 0 spiro atoms. The summed E-state index contributed by atoms with van der Waals surface area (Å²) < 4.78 is 10.6. The molecule has 132 valence electrons. The van der Waals surface area contributed by atoms with Crippen molar-refractivity contribution in [3.63, 3.8) is 0 Å². The Hall–Kier alpha value is -1.60. The summed E-state index contributed by atoms with van der Waals surface area (Å²) in [6.07, 6.45) is 3.08. The van der Waals surface area contributed by atoms with E-state index >= 15 is 0 Å². The highest BCUT2D eigenvalue weighted by Crippen LogP contribution is 2.37. The van der Waals surface area contributed by atoms with Gasteiger partial charge in [-0.15, -0.1) is 0 Å². The normalized spacial score (nSPS) is 14.0. The molecule has 0 N–H and O–H groups in total. The van der Waals surface area contributed by atoms with Crippen LogP contribution in [0.1, 0.15) is 23.2 Å². The zero-order chi connectivity index (χ0) is 17.7. The number of halogens is 1. The average Bonchev–Trinajstić information content (AvgIpc) is 3.08. The molecule has 0 bridgehead atoms. The van der Waals surface area contributed by atoms with Gasteiger partial charge in [0.05, 0.1) is 19.2 Å². The van der Waals surface area contributed by atoms with Gasteiger partial charge in [0.2, 0.25) is 5.91 Å². The highest BCUT2D eigenvalue weighted by Gasteiger charge is 2.34. The van der Waals surface area contributed by atoms with E-state index < -0.39 is 0 Å². The molecule has 1 saturated heterocycles. The monoisotopic (exact) mass is 372 g/mol. The summed E-state index contributed by atoms with van der Waals surface area (Å²) in [4.78, 5) is 25.4. The van der Waals surface area contributed by atoms with E-state index in [1.54, 1.807) is 23.9 Å². The molecule has 0 aliphatic carbocycles. The van der Waals surface area contributed by atoms with E-state index in [-0.39, 0.29) is 23.1 Å². The van der Waals surface area contributed by atoms with E-state index in [1.807, 2.05) is 6.26 Å². The number of hydrogen-bond acceptors (Lipinski definition) is 5. The van der Waals surface area contributed by atoms with Gasteiger partial charge in [-0.3, -0.25) is 14.6 Å². The van der Waals surface area contributed by atoms with Crippen LogP contribution >= 0.6 is 23.4 Å². The summed E-state index contributed by atoms with van der Waals surface area (Å²) in [6.45, 7) is 1.01. The third-order valence-electron chi connectivity index (χ3n) is 3.78. The predicted molar refractivity (Wildman–Crippen MR) is 94.9 cm³/mol. The molecule has 0 unspecified atom stereocenters. The number of carbonyl (C=O) groups excluding carboxylic acids is 2. The van der Waals surface area contributed by atoms with Crippen molar-refractivity contribution in [3.05, 3.63) is 22.7 Å². The first-order valence-corrected chi connectivity index (χ1v) is 9.33. The highest BCUT2D eigenvalue weighted by molar-refractivity contribution is 7.98. The fraction of sp³-hybridized carbons (Fsp3) is 0.500. The molecule has 0 aromatic heterocycles. The minimum absolute atomic E-state index is 0.0600. The summed E-state index contributed by atoms with van der Waals surface area (Å²) in [5, 5.41) is 3.29. The molecule has 1 aromatic rings. The van der Waals surface area contributed by atoms with E-state index in [1.165, 1.54) is 24.2 Å². The molecule has 6 nitrogen and oxygen atoms in total. The van der Waals surface area contributed by atoms with Gasteiger partial charge in [-0.2, -0.15) is 11.8 Å². The second-order valence-electron chi connectivity index (χ2n) is 5.20. The van der Waals surface area contributed by atoms with Crippen LogP contribution in [-0.2, 0) is 4.79 Å². The van der Waals surface area contributed by atoms with Gasteiger partial charge in [0.25, 0.3) is 5.91 Å². The number of benzene rings is 1. The van der Waals surface area contributed by atoms with Crippen molar-refractivity contribution in [2.45, 2.75) is 12.8 Å². The van der Waals surface area contributed by atoms with Crippen LogP contribution in [0.2, 0.25) is 5.02 Å². The van der Waals surface area contributed by atoms with Gasteiger partial charge in [-0.1, -0.05) is 11.6 Å². The Morgan fingerprint density at radius 3 is 2.54 bits per heavy atom. The number of amides is 2. The zero-order valence-corrected chi connectivity index (χ0v) is 15.6. The number of nitrogens with zero attached hydrogens (tertiary/aromatic N) is 2. The summed E-state index contributed by atoms with van der Waals surface area (Å²) >= 11 is 7.74. The number of ether oxygens (including phenoxy) is 2. The van der Waals surface area contributed by atoms with Crippen LogP contribution in [0.25, 0.3) is 0 Å². The molecule has 0 saturated carbocycles. The van der Waals surface area contributed by atoms with Gasteiger partial charge in [-0.25, -0.2) is 5.01 Å². The van der Waals surface area contributed by atoms with Crippen molar-refractivity contribution in [2.75, 3.05) is 39.3 Å². The van der Waals surface area contributed by atoms with Crippen LogP contribution in [0.15, 0.2) is 12.1 Å². The van der Waals surface area contributed by atoms with Crippen LogP contribution in [0, 0.1) is 0 Å². The number of carbonyl (C=O) groups is 2. The second-order valence-corrected chi connectivity index (χ2v) is 6.59. The van der Waals surface area contributed by atoms with Crippen molar-refractivity contribution in [2.24, 2.45) is 0 Å². The van der Waals surface area contributed by atoms with Gasteiger partial charge < -0.3 is 9.47 Å². The Labute approximate surface area is 151 Å². The van der Waals surface area contributed by atoms with Crippen LogP contribution < -0.4 is 9.47 Å². The van der Waals surface area contributed by atoms with Crippen molar-refractivity contribution >= 4 is 35.2 Å². The van der Waals surface area contributed by atoms with E-state index in [0.717, 1.165) is 12.2 Å². The fourth-order valence-electron chi connectivity index (χ4n) is 2.64. The zero-order valence-electron chi connectivity index (χ0n) is 14.0. The van der Waals surface area contributed by atoms with Crippen LogP contribution in [0.5, 0.6) is 11.5 Å². The maximum atomic E-state index is 13.1. The topological polar surface area (TPSA) is 59.1 Å². The quantitative estimate of drug-likeness (QED) is 0.768. The summed E-state index contributed by atoms with van der Waals surface area (Å²) in [6, 6.07) is 3.23. The average molecular weight is 373 g/mol. The maximum absolute atomic E-state index is 13.1. The third kappa shape index (κ3) is 3.72.